The summed E-state index contributed by atoms with van der Waals surface area (Å²) in [6, 6.07) is 21.0. The fourth-order valence-corrected chi connectivity index (χ4v) is 6.60. The Labute approximate surface area is 262 Å². The van der Waals surface area contributed by atoms with Gasteiger partial charge in [0.25, 0.3) is 12.1 Å². The van der Waals surface area contributed by atoms with Gasteiger partial charge in [0.05, 0.1) is 18.6 Å². The van der Waals surface area contributed by atoms with E-state index in [1.54, 1.807) is 42.4 Å². The molecular formula is C35H37N3O7. The second-order valence-corrected chi connectivity index (χ2v) is 11.7. The molecule has 5 atom stereocenters. The second kappa shape index (κ2) is 12.6. The molecule has 3 aliphatic rings. The number of amides is 3. The topological polar surface area (TPSA) is 126 Å². The van der Waals surface area contributed by atoms with Gasteiger partial charge in [-0.15, -0.1) is 0 Å². The number of carbonyl (C=O) groups excluding carboxylic acids is 3. The molecule has 3 aromatic rings. The van der Waals surface area contributed by atoms with Crippen molar-refractivity contribution in [1.29, 1.82) is 0 Å². The van der Waals surface area contributed by atoms with E-state index in [9.17, 15) is 19.5 Å². The number of nitrogens with one attached hydrogen (secondary N) is 2. The van der Waals surface area contributed by atoms with Gasteiger partial charge in [0, 0.05) is 38.4 Å². The third kappa shape index (κ3) is 6.10. The molecule has 45 heavy (non-hydrogen) atoms. The molecule has 1 aliphatic carbocycles. The zero-order chi connectivity index (χ0) is 31.6. The summed E-state index contributed by atoms with van der Waals surface area (Å²) in [5.41, 5.74) is 2.17. The van der Waals surface area contributed by atoms with E-state index in [1.165, 1.54) is 6.92 Å². The Morgan fingerprint density at radius 3 is 2.49 bits per heavy atom. The lowest BCUT2D eigenvalue weighted by Gasteiger charge is -2.36. The van der Waals surface area contributed by atoms with E-state index in [2.05, 4.69) is 10.6 Å². The highest BCUT2D eigenvalue weighted by atomic mass is 16.5. The Kier molecular flexibility index (Phi) is 8.49. The minimum Gasteiger partial charge on any atom is -0.493 e. The number of benzene rings is 3. The first-order valence-corrected chi connectivity index (χ1v) is 15.1. The maximum absolute atomic E-state index is 14.3. The van der Waals surface area contributed by atoms with Gasteiger partial charge >= 0.3 is 0 Å². The third-order valence-electron chi connectivity index (χ3n) is 8.74. The summed E-state index contributed by atoms with van der Waals surface area (Å²) < 4.78 is 18.2. The van der Waals surface area contributed by atoms with Crippen LogP contribution in [0.25, 0.3) is 0 Å². The van der Waals surface area contributed by atoms with E-state index >= 15 is 0 Å². The van der Waals surface area contributed by atoms with E-state index in [4.69, 9.17) is 14.2 Å². The van der Waals surface area contributed by atoms with Gasteiger partial charge in [0.2, 0.25) is 11.8 Å². The van der Waals surface area contributed by atoms with Gasteiger partial charge in [0.1, 0.15) is 17.9 Å². The minimum atomic E-state index is -1.36. The molecule has 0 aromatic heterocycles. The predicted molar refractivity (Wildman–Crippen MR) is 166 cm³/mol. The van der Waals surface area contributed by atoms with Gasteiger partial charge in [-0.3, -0.25) is 14.4 Å². The van der Waals surface area contributed by atoms with Crippen LogP contribution < -0.4 is 24.8 Å². The zero-order valence-corrected chi connectivity index (χ0v) is 25.3. The first-order chi connectivity index (χ1) is 21.8. The molecule has 0 fully saturated rings. The number of rotatable bonds is 9. The van der Waals surface area contributed by atoms with Gasteiger partial charge in [-0.1, -0.05) is 66.7 Å². The van der Waals surface area contributed by atoms with Crippen molar-refractivity contribution in [1.82, 2.24) is 15.5 Å². The van der Waals surface area contributed by atoms with E-state index in [-0.39, 0.29) is 25.0 Å². The molecule has 10 heteroatoms. The number of methoxy groups -OCH3 is 1. The largest absolute Gasteiger partial charge is 0.493 e. The normalized spacial score (nSPS) is 22.5. The highest BCUT2D eigenvalue weighted by molar-refractivity contribution is 5.91. The van der Waals surface area contributed by atoms with Crippen molar-refractivity contribution in [3.8, 4) is 17.2 Å². The third-order valence-corrected chi connectivity index (χ3v) is 8.74. The number of para-hydroxylation sites is 1. The predicted octanol–water partition coefficient (Wildman–Crippen LogP) is 3.02. The summed E-state index contributed by atoms with van der Waals surface area (Å²) in [4.78, 5) is 41.8. The Balaban J connectivity index is 1.30. The van der Waals surface area contributed by atoms with E-state index in [1.807, 2.05) is 54.6 Å². The van der Waals surface area contributed by atoms with Crippen molar-refractivity contribution < 1.29 is 33.7 Å². The quantitative estimate of drug-likeness (QED) is 0.251. The van der Waals surface area contributed by atoms with Crippen LogP contribution in [0.5, 0.6) is 17.2 Å². The molecule has 2 aliphatic heterocycles. The lowest BCUT2D eigenvalue weighted by molar-refractivity contribution is -0.145. The Morgan fingerprint density at radius 2 is 1.78 bits per heavy atom. The molecule has 1 spiro atoms. The fourth-order valence-electron chi connectivity index (χ4n) is 6.60. The average molecular weight is 612 g/mol. The summed E-state index contributed by atoms with van der Waals surface area (Å²) >= 11 is 0. The van der Waals surface area contributed by atoms with Crippen LogP contribution in [0.2, 0.25) is 0 Å². The summed E-state index contributed by atoms with van der Waals surface area (Å²) in [5.74, 6) is 0.318. The first kappa shape index (κ1) is 30.2. The van der Waals surface area contributed by atoms with Crippen LogP contribution >= 0.6 is 0 Å². The molecule has 0 saturated heterocycles. The van der Waals surface area contributed by atoms with Gasteiger partial charge in [-0.25, -0.2) is 0 Å². The lowest BCUT2D eigenvalue weighted by atomic mass is 9.69. The van der Waals surface area contributed by atoms with Crippen molar-refractivity contribution >= 4 is 17.7 Å². The SMILES string of the molecule is COc1ccc2c3c1O[C@@H]1CC(O)C=CC31CCN(C(=O)C(NC(=O)C(Cc1ccccc1)NC(C)=O)Oc1ccccc1)C2. The molecule has 10 nitrogen and oxygen atoms in total. The molecule has 4 unspecified atom stereocenters. The van der Waals surface area contributed by atoms with Gasteiger partial charge in [0.15, 0.2) is 11.5 Å². The molecule has 6 rings (SSSR count). The number of hydrogen-bond acceptors (Lipinski definition) is 7. The lowest BCUT2D eigenvalue weighted by Crippen LogP contribution is -2.57. The number of hydrogen-bond donors (Lipinski definition) is 3. The van der Waals surface area contributed by atoms with E-state index < -0.39 is 35.6 Å². The average Bonchev–Trinajstić information content (AvgIpc) is 3.27. The molecular weight excluding hydrogens is 574 g/mol. The highest BCUT2D eigenvalue weighted by Crippen LogP contribution is 2.55. The van der Waals surface area contributed by atoms with Gasteiger partial charge in [-0.2, -0.15) is 0 Å². The maximum atomic E-state index is 14.3. The monoisotopic (exact) mass is 611 g/mol. The van der Waals surface area contributed by atoms with Crippen LogP contribution in [0.15, 0.2) is 84.9 Å². The van der Waals surface area contributed by atoms with Crippen LogP contribution in [0.4, 0.5) is 0 Å². The molecule has 3 amide bonds. The maximum Gasteiger partial charge on any atom is 0.285 e. The standard InChI is InChI=1S/C35H37N3O7/c1-22(39)36-27(19-23-9-5-3-6-10-23)32(41)37-33(44-26-11-7-4-8-12-26)34(42)38-18-17-35-16-15-25(40)20-29(35)45-31-28(43-2)14-13-24(21-38)30(31)35/h3-16,25,27,29,33,40H,17-21H2,1-2H3,(H,36,39)(H,37,41)/t25?,27?,29-,33?,35?/m1/s1. The van der Waals surface area contributed by atoms with Crippen molar-refractivity contribution in [2.75, 3.05) is 13.7 Å². The number of aliphatic hydroxyl groups is 1. The van der Waals surface area contributed by atoms with Crippen molar-refractivity contribution in [3.63, 3.8) is 0 Å². The second-order valence-electron chi connectivity index (χ2n) is 11.7. The van der Waals surface area contributed by atoms with Crippen molar-refractivity contribution in [3.05, 3.63) is 102 Å². The smallest absolute Gasteiger partial charge is 0.285 e. The number of nitrogens with zero attached hydrogens (tertiary/aromatic N) is 1. The zero-order valence-electron chi connectivity index (χ0n) is 25.3. The molecule has 234 valence electrons. The summed E-state index contributed by atoms with van der Waals surface area (Å²) in [7, 11) is 1.59. The molecule has 0 bridgehead atoms. The molecule has 0 radical (unpaired) electrons. The number of ether oxygens (including phenoxy) is 3. The van der Waals surface area contributed by atoms with Crippen LogP contribution in [0, 0.1) is 0 Å². The highest BCUT2D eigenvalue weighted by Gasteiger charge is 2.53. The summed E-state index contributed by atoms with van der Waals surface area (Å²) in [6.07, 6.45) is 2.70. The van der Waals surface area contributed by atoms with Gasteiger partial charge < -0.3 is 34.9 Å². The fraction of sp³-hybridized carbons (Fsp3) is 0.343. The summed E-state index contributed by atoms with van der Waals surface area (Å²) in [6.45, 7) is 1.95. The molecule has 3 N–H and O–H groups in total. The summed E-state index contributed by atoms with van der Waals surface area (Å²) in [5, 5.41) is 15.9. The number of aliphatic hydroxyl groups excluding tert-OH is 1. The molecule has 0 saturated carbocycles. The Hall–Kier alpha value is -4.83. The van der Waals surface area contributed by atoms with Crippen LogP contribution in [-0.2, 0) is 32.8 Å². The Bertz CT molecular complexity index is 1600. The van der Waals surface area contributed by atoms with Gasteiger partial charge in [-0.05, 0) is 35.7 Å². The minimum absolute atomic E-state index is 0.238. The van der Waals surface area contributed by atoms with Crippen LogP contribution in [-0.4, -0.2) is 65.9 Å². The van der Waals surface area contributed by atoms with E-state index in [0.717, 1.165) is 16.7 Å². The Morgan fingerprint density at radius 1 is 1.04 bits per heavy atom. The molecule has 3 aromatic carbocycles. The van der Waals surface area contributed by atoms with E-state index in [0.29, 0.717) is 36.6 Å². The van der Waals surface area contributed by atoms with Crippen LogP contribution in [0.1, 0.15) is 36.5 Å². The van der Waals surface area contributed by atoms with Crippen molar-refractivity contribution in [2.45, 2.75) is 62.6 Å². The molecule has 2 heterocycles. The van der Waals surface area contributed by atoms with Crippen LogP contribution in [0.3, 0.4) is 0 Å². The number of carbonyl (C=O) groups is 3. The van der Waals surface area contributed by atoms with Crippen molar-refractivity contribution in [2.24, 2.45) is 0 Å². The first-order valence-electron chi connectivity index (χ1n) is 15.1.